The van der Waals surface area contributed by atoms with Crippen molar-refractivity contribution >= 4 is 30.4 Å². The zero-order valence-corrected chi connectivity index (χ0v) is 22.0. The fourth-order valence-corrected chi connectivity index (χ4v) is 4.22. The summed E-state index contributed by atoms with van der Waals surface area (Å²) in [6, 6.07) is 6.51. The molecule has 1 atom stereocenters. The lowest BCUT2D eigenvalue weighted by Crippen LogP contribution is -2.37. The molecule has 2 heterocycles. The number of aliphatic hydroxyl groups excluding tert-OH is 1. The maximum Gasteiger partial charge on any atom is 0.405 e. The molecular formula is C27H36F3N7O2. The molecule has 4 rings (SSSR count). The molecule has 0 saturated heterocycles. The second-order valence-corrected chi connectivity index (χ2v) is 9.61. The third kappa shape index (κ3) is 9.32. The van der Waals surface area contributed by atoms with Crippen molar-refractivity contribution in [3.63, 3.8) is 0 Å². The smallest absolute Gasteiger partial charge is 0.395 e. The summed E-state index contributed by atoms with van der Waals surface area (Å²) in [7, 11) is 0. The maximum absolute atomic E-state index is 11.0. The van der Waals surface area contributed by atoms with E-state index in [-0.39, 0.29) is 24.6 Å². The molecule has 9 nitrogen and oxygen atoms in total. The van der Waals surface area contributed by atoms with Gasteiger partial charge in [0.25, 0.3) is 0 Å². The van der Waals surface area contributed by atoms with Crippen molar-refractivity contribution in [3.05, 3.63) is 53.3 Å². The van der Waals surface area contributed by atoms with E-state index in [1.807, 2.05) is 6.92 Å². The summed E-state index contributed by atoms with van der Waals surface area (Å²) < 4.78 is 33.1. The van der Waals surface area contributed by atoms with Gasteiger partial charge >= 0.3 is 6.18 Å². The summed E-state index contributed by atoms with van der Waals surface area (Å²) in [5, 5.41) is 21.5. The number of dihydropyridines is 1. The van der Waals surface area contributed by atoms with Crippen molar-refractivity contribution < 1.29 is 23.1 Å². The molecule has 0 radical (unpaired) electrons. The molecule has 1 aromatic rings. The third-order valence-corrected chi connectivity index (χ3v) is 6.59. The van der Waals surface area contributed by atoms with Gasteiger partial charge in [-0.2, -0.15) is 13.2 Å². The Kier molecular flexibility index (Phi) is 10.8. The molecule has 2 aliphatic heterocycles. The van der Waals surface area contributed by atoms with E-state index in [9.17, 15) is 23.1 Å². The minimum atomic E-state index is -4.29. The van der Waals surface area contributed by atoms with E-state index < -0.39 is 12.7 Å². The van der Waals surface area contributed by atoms with E-state index in [0.29, 0.717) is 6.67 Å². The largest absolute Gasteiger partial charge is 0.405 e. The van der Waals surface area contributed by atoms with Crippen molar-refractivity contribution in [1.82, 2.24) is 16.0 Å². The number of amides is 1. The summed E-state index contributed by atoms with van der Waals surface area (Å²) in [6.45, 7) is 6.84. The first kappa shape index (κ1) is 30.0. The van der Waals surface area contributed by atoms with Crippen molar-refractivity contribution in [2.75, 3.05) is 31.7 Å². The molecular weight excluding hydrogens is 511 g/mol. The fourth-order valence-electron chi connectivity index (χ4n) is 4.22. The lowest BCUT2D eigenvalue weighted by molar-refractivity contribution is -0.132. The number of amidine groups is 1. The minimum Gasteiger partial charge on any atom is -0.395 e. The number of fused-ring (bicyclic) bond motifs is 1. The summed E-state index contributed by atoms with van der Waals surface area (Å²) in [6.07, 6.45) is 5.33. The van der Waals surface area contributed by atoms with E-state index in [4.69, 9.17) is 9.98 Å². The fraction of sp³-hybridized carbons (Fsp3) is 0.481. The number of benzene rings is 1. The molecule has 1 saturated carbocycles. The summed E-state index contributed by atoms with van der Waals surface area (Å²) in [4.78, 5) is 22.8. The van der Waals surface area contributed by atoms with E-state index in [2.05, 4.69) is 58.0 Å². The Bertz CT molecular complexity index is 1120. The lowest BCUT2D eigenvalue weighted by Gasteiger charge is -2.23. The van der Waals surface area contributed by atoms with Gasteiger partial charge in [-0.05, 0) is 68.8 Å². The molecule has 1 fully saturated rings. The highest BCUT2D eigenvalue weighted by molar-refractivity contribution is 6.03. The number of halogens is 3. The van der Waals surface area contributed by atoms with Gasteiger partial charge in [-0.15, -0.1) is 0 Å². The molecule has 212 valence electrons. The van der Waals surface area contributed by atoms with Gasteiger partial charge in [-0.1, -0.05) is 12.1 Å². The molecule has 5 N–H and O–H groups in total. The average Bonchev–Trinajstić information content (AvgIpc) is 3.73. The van der Waals surface area contributed by atoms with Gasteiger partial charge in [0.15, 0.2) is 0 Å². The number of allylic oxidation sites excluding steroid dienone is 1. The number of nitrogens with zero attached hydrogens (tertiary/aromatic N) is 3. The number of anilines is 1. The van der Waals surface area contributed by atoms with Crippen LogP contribution in [-0.2, 0) is 17.8 Å². The van der Waals surface area contributed by atoms with Crippen LogP contribution in [-0.4, -0.2) is 68.5 Å². The molecule has 1 amide bonds. The Morgan fingerprint density at radius 1 is 1.33 bits per heavy atom. The molecule has 3 aliphatic rings. The molecule has 0 spiro atoms. The normalized spacial score (nSPS) is 20.0. The van der Waals surface area contributed by atoms with Crippen molar-refractivity contribution in [1.29, 1.82) is 0 Å². The number of carbonyl (C=O) groups excluding carboxylic acids is 1. The van der Waals surface area contributed by atoms with Gasteiger partial charge in [0.1, 0.15) is 25.2 Å². The molecule has 0 aromatic heterocycles. The monoisotopic (exact) mass is 547 g/mol. The zero-order chi connectivity index (χ0) is 28.3. The van der Waals surface area contributed by atoms with Gasteiger partial charge in [0.2, 0.25) is 6.41 Å². The summed E-state index contributed by atoms with van der Waals surface area (Å²) in [5.74, 6) is 0.749. The van der Waals surface area contributed by atoms with Crippen LogP contribution in [0.4, 0.5) is 18.9 Å². The van der Waals surface area contributed by atoms with Crippen LogP contribution in [0.2, 0.25) is 0 Å². The number of nitrogens with one attached hydrogen (secondary N) is 4. The molecule has 39 heavy (non-hydrogen) atoms. The Balaban J connectivity index is 0.000000459. The van der Waals surface area contributed by atoms with E-state index in [0.717, 1.165) is 61.6 Å². The Hall–Kier alpha value is -3.51. The highest BCUT2D eigenvalue weighted by Crippen LogP contribution is 2.47. The molecule has 0 bridgehead atoms. The zero-order valence-electron chi connectivity index (χ0n) is 22.0. The molecule has 1 aromatic carbocycles. The summed E-state index contributed by atoms with van der Waals surface area (Å²) >= 11 is 0. The van der Waals surface area contributed by atoms with Crippen LogP contribution >= 0.6 is 0 Å². The van der Waals surface area contributed by atoms with Crippen molar-refractivity contribution in [2.24, 2.45) is 20.4 Å². The van der Waals surface area contributed by atoms with Crippen LogP contribution in [0, 0.1) is 5.41 Å². The third-order valence-electron chi connectivity index (χ3n) is 6.59. The Morgan fingerprint density at radius 2 is 2.13 bits per heavy atom. The Morgan fingerprint density at radius 3 is 2.77 bits per heavy atom. The van der Waals surface area contributed by atoms with E-state index in [1.165, 1.54) is 16.4 Å². The van der Waals surface area contributed by atoms with Gasteiger partial charge in [0.05, 0.1) is 6.61 Å². The van der Waals surface area contributed by atoms with Crippen LogP contribution in [0.15, 0.2) is 57.1 Å². The van der Waals surface area contributed by atoms with E-state index >= 15 is 0 Å². The van der Waals surface area contributed by atoms with Crippen molar-refractivity contribution in [3.8, 4) is 0 Å². The quantitative estimate of drug-likeness (QED) is 0.175. The predicted molar refractivity (Wildman–Crippen MR) is 148 cm³/mol. The maximum atomic E-state index is 11.0. The van der Waals surface area contributed by atoms with Crippen LogP contribution in [0.5, 0.6) is 0 Å². The van der Waals surface area contributed by atoms with Crippen LogP contribution in [0.25, 0.3) is 0 Å². The van der Waals surface area contributed by atoms with Gasteiger partial charge in [-0.3, -0.25) is 14.8 Å². The Labute approximate surface area is 226 Å². The number of aliphatic imine (C=N–C) groups is 3. The first-order valence-corrected chi connectivity index (χ1v) is 12.8. The van der Waals surface area contributed by atoms with Crippen LogP contribution in [0.3, 0.4) is 0 Å². The molecule has 12 heteroatoms. The number of rotatable bonds is 10. The SMILES string of the molecule is C=N/C=C(C)\C(=N/CNc1ccc2c(c1)CCNC2)NC1CC=CC(C2(CO)CC2)=N1.O=CNCC(F)(F)F. The number of hydrogen-bond acceptors (Lipinski definition) is 7. The average molecular weight is 548 g/mol. The highest BCUT2D eigenvalue weighted by Gasteiger charge is 2.46. The lowest BCUT2D eigenvalue weighted by atomic mass is 9.98. The van der Waals surface area contributed by atoms with E-state index in [1.54, 1.807) is 6.20 Å². The van der Waals surface area contributed by atoms with Gasteiger partial charge in [0, 0.05) is 41.6 Å². The first-order valence-electron chi connectivity index (χ1n) is 12.8. The number of carbonyl (C=O) groups is 1. The van der Waals surface area contributed by atoms with Gasteiger partial charge in [-0.25, -0.2) is 4.99 Å². The van der Waals surface area contributed by atoms with Crippen molar-refractivity contribution in [2.45, 2.75) is 51.5 Å². The minimum absolute atomic E-state index is 0.00743. The number of alkyl halides is 3. The number of aliphatic hydroxyl groups is 1. The standard InChI is InChI=1S/C24H32N6O.C3H4F3NO/c1-17(13-25-2)23(30-22-5-3-4-21(29-22)24(15-31)9-10-24)28-16-27-20-7-6-19-14-26-11-8-18(19)12-20;4-3(5,6)1-7-2-8/h3-4,6-7,12-13,22,26-27,31H,2,5,8-11,14-16H2,1H3,(H,28,30);2H,1H2,(H,7,8)/b17-13-;. The van der Waals surface area contributed by atoms with Crippen LogP contribution in [0.1, 0.15) is 37.3 Å². The number of hydrogen-bond donors (Lipinski definition) is 5. The molecule has 1 aliphatic carbocycles. The van der Waals surface area contributed by atoms with Gasteiger partial charge < -0.3 is 26.4 Å². The first-order chi connectivity index (χ1) is 18.7. The molecule has 1 unspecified atom stereocenters. The second kappa shape index (κ2) is 14.0. The predicted octanol–water partition coefficient (Wildman–Crippen LogP) is 3.09. The van der Waals surface area contributed by atoms with Crippen LogP contribution < -0.4 is 21.3 Å². The highest BCUT2D eigenvalue weighted by atomic mass is 19.4. The summed E-state index contributed by atoms with van der Waals surface area (Å²) in [5.41, 5.74) is 5.60. The second-order valence-electron chi connectivity index (χ2n) is 9.61. The topological polar surface area (TPSA) is 122 Å².